The number of benzene rings is 1. The van der Waals surface area contributed by atoms with Crippen LogP contribution in [0.25, 0.3) is 0 Å². The quantitative estimate of drug-likeness (QED) is 0.924. The van der Waals surface area contributed by atoms with E-state index in [1.54, 1.807) is 7.05 Å². The summed E-state index contributed by atoms with van der Waals surface area (Å²) in [7, 11) is 1.73. The molecule has 0 aliphatic carbocycles. The molecule has 0 unspecified atom stereocenters. The van der Waals surface area contributed by atoms with Crippen LogP contribution < -0.4 is 10.1 Å². The molecule has 1 N–H and O–H groups in total. The zero-order valence-corrected chi connectivity index (χ0v) is 12.2. The molecule has 2 rings (SSSR count). The average Bonchev–Trinajstić information content (AvgIpc) is 2.35. The molecule has 0 saturated heterocycles. The fourth-order valence-corrected chi connectivity index (χ4v) is 1.98. The van der Waals surface area contributed by atoms with Crippen molar-refractivity contribution in [2.45, 2.75) is 6.92 Å². The molecule has 0 bridgehead atoms. The largest absolute Gasteiger partial charge is 0.437 e. The topological polar surface area (TPSA) is 47.0 Å². The molecule has 0 saturated carbocycles. The lowest BCUT2D eigenvalue weighted by atomic mass is 10.2. The third-order valence-corrected chi connectivity index (χ3v) is 3.03. The predicted octanol–water partition coefficient (Wildman–Crippen LogP) is 4.03. The molecule has 0 aliphatic heterocycles. The summed E-state index contributed by atoms with van der Waals surface area (Å²) in [4.78, 5) is 8.16. The first-order valence-corrected chi connectivity index (χ1v) is 6.41. The number of aromatic nitrogens is 2. The van der Waals surface area contributed by atoms with Gasteiger partial charge in [0.05, 0.1) is 6.20 Å². The van der Waals surface area contributed by atoms with Crippen molar-refractivity contribution in [2.24, 2.45) is 0 Å². The van der Waals surface area contributed by atoms with Gasteiger partial charge in [0.2, 0.25) is 11.8 Å². The number of hydrogen-bond acceptors (Lipinski definition) is 4. The molecule has 2 aromatic rings. The Morgan fingerprint density at radius 2 is 2.17 bits per heavy atom. The number of anilines is 1. The molecule has 1 aromatic carbocycles. The Hall–Kier alpha value is -1.33. The SMILES string of the molecule is CNc1ncc(Cl)c(Oc2ccc(Br)cc2C)n1. The summed E-state index contributed by atoms with van der Waals surface area (Å²) in [6, 6.07) is 5.72. The van der Waals surface area contributed by atoms with E-state index in [4.69, 9.17) is 16.3 Å². The van der Waals surface area contributed by atoms with Gasteiger partial charge in [-0.1, -0.05) is 27.5 Å². The van der Waals surface area contributed by atoms with Gasteiger partial charge in [-0.3, -0.25) is 0 Å². The molecule has 0 aliphatic rings. The number of aryl methyl sites for hydroxylation is 1. The van der Waals surface area contributed by atoms with Crippen molar-refractivity contribution >= 4 is 33.5 Å². The zero-order valence-electron chi connectivity index (χ0n) is 9.87. The maximum Gasteiger partial charge on any atom is 0.243 e. The van der Waals surface area contributed by atoms with Crippen LogP contribution in [-0.4, -0.2) is 17.0 Å². The Bertz CT molecular complexity index is 577. The van der Waals surface area contributed by atoms with E-state index in [1.165, 1.54) is 6.20 Å². The number of rotatable bonds is 3. The van der Waals surface area contributed by atoms with E-state index in [2.05, 4.69) is 31.2 Å². The molecule has 6 heteroatoms. The predicted molar refractivity (Wildman–Crippen MR) is 75.5 cm³/mol. The van der Waals surface area contributed by atoms with Crippen LogP contribution in [0.3, 0.4) is 0 Å². The summed E-state index contributed by atoms with van der Waals surface area (Å²) in [5.74, 6) is 1.51. The molecule has 94 valence electrons. The molecule has 1 aromatic heterocycles. The molecule has 0 radical (unpaired) electrons. The highest BCUT2D eigenvalue weighted by molar-refractivity contribution is 9.10. The molecular weight excluding hydrogens is 318 g/mol. The van der Waals surface area contributed by atoms with Crippen molar-refractivity contribution in [3.63, 3.8) is 0 Å². The second kappa shape index (κ2) is 5.54. The van der Waals surface area contributed by atoms with Crippen molar-refractivity contribution in [3.05, 3.63) is 39.5 Å². The first-order valence-electron chi connectivity index (χ1n) is 5.24. The summed E-state index contributed by atoms with van der Waals surface area (Å²) in [5.41, 5.74) is 0.991. The molecular formula is C12H11BrClN3O. The van der Waals surface area contributed by atoms with Crippen LogP contribution in [0, 0.1) is 6.92 Å². The summed E-state index contributed by atoms with van der Waals surface area (Å²) >= 11 is 9.40. The highest BCUT2D eigenvalue weighted by atomic mass is 79.9. The van der Waals surface area contributed by atoms with Crippen LogP contribution in [0.15, 0.2) is 28.9 Å². The monoisotopic (exact) mass is 327 g/mol. The second-order valence-corrected chi connectivity index (χ2v) is 4.93. The normalized spacial score (nSPS) is 10.2. The van der Waals surface area contributed by atoms with Crippen LogP contribution >= 0.6 is 27.5 Å². The van der Waals surface area contributed by atoms with Crippen molar-refractivity contribution in [3.8, 4) is 11.6 Å². The number of nitrogens with one attached hydrogen (secondary N) is 1. The van der Waals surface area contributed by atoms with Gasteiger partial charge in [0.15, 0.2) is 0 Å². The lowest BCUT2D eigenvalue weighted by Gasteiger charge is -2.10. The number of hydrogen-bond donors (Lipinski definition) is 1. The van der Waals surface area contributed by atoms with E-state index in [0.717, 1.165) is 10.0 Å². The number of ether oxygens (including phenoxy) is 1. The maximum atomic E-state index is 6.00. The minimum absolute atomic E-state index is 0.335. The fraction of sp³-hybridized carbons (Fsp3) is 0.167. The van der Waals surface area contributed by atoms with Crippen molar-refractivity contribution < 1.29 is 4.74 Å². The van der Waals surface area contributed by atoms with E-state index >= 15 is 0 Å². The first kappa shape index (κ1) is 13.1. The Morgan fingerprint density at radius 1 is 1.39 bits per heavy atom. The van der Waals surface area contributed by atoms with Gasteiger partial charge in [-0.15, -0.1) is 0 Å². The summed E-state index contributed by atoms with van der Waals surface area (Å²) < 4.78 is 6.69. The lowest BCUT2D eigenvalue weighted by Crippen LogP contribution is -1.98. The minimum Gasteiger partial charge on any atom is -0.437 e. The van der Waals surface area contributed by atoms with Gasteiger partial charge in [-0.25, -0.2) is 4.98 Å². The van der Waals surface area contributed by atoms with Crippen LogP contribution in [0.1, 0.15) is 5.56 Å². The van der Waals surface area contributed by atoms with Crippen LogP contribution in [-0.2, 0) is 0 Å². The molecule has 0 atom stereocenters. The minimum atomic E-state index is 0.335. The fourth-order valence-electron chi connectivity index (χ4n) is 1.37. The van der Waals surface area contributed by atoms with E-state index in [0.29, 0.717) is 22.6 Å². The molecule has 0 amide bonds. The van der Waals surface area contributed by atoms with E-state index < -0.39 is 0 Å². The number of nitrogens with zero attached hydrogens (tertiary/aromatic N) is 2. The Balaban J connectivity index is 2.33. The standard InChI is InChI=1S/C12H11BrClN3O/c1-7-5-8(13)3-4-10(7)18-11-9(14)6-16-12(15-2)17-11/h3-6H,1-2H3,(H,15,16,17). The number of halogens is 2. The molecule has 4 nitrogen and oxygen atoms in total. The van der Waals surface area contributed by atoms with E-state index in [1.807, 2.05) is 25.1 Å². The summed E-state index contributed by atoms with van der Waals surface area (Å²) in [6.45, 7) is 1.95. The van der Waals surface area contributed by atoms with Gasteiger partial charge in [0, 0.05) is 11.5 Å². The average molecular weight is 329 g/mol. The lowest BCUT2D eigenvalue weighted by molar-refractivity contribution is 0.459. The van der Waals surface area contributed by atoms with Crippen LogP contribution in [0.2, 0.25) is 5.02 Å². The van der Waals surface area contributed by atoms with Gasteiger partial charge in [-0.2, -0.15) is 4.98 Å². The van der Waals surface area contributed by atoms with Crippen LogP contribution in [0.5, 0.6) is 11.6 Å². The molecule has 1 heterocycles. The highest BCUT2D eigenvalue weighted by Crippen LogP contribution is 2.30. The molecule has 0 spiro atoms. The van der Waals surface area contributed by atoms with E-state index in [-0.39, 0.29) is 0 Å². The van der Waals surface area contributed by atoms with Crippen LogP contribution in [0.4, 0.5) is 5.95 Å². The maximum absolute atomic E-state index is 6.00. The first-order chi connectivity index (χ1) is 8.60. The summed E-state index contributed by atoms with van der Waals surface area (Å²) in [5, 5.41) is 3.21. The third kappa shape index (κ3) is 2.91. The van der Waals surface area contributed by atoms with Gasteiger partial charge < -0.3 is 10.1 Å². The Morgan fingerprint density at radius 3 is 2.83 bits per heavy atom. The molecule has 0 fully saturated rings. The highest BCUT2D eigenvalue weighted by Gasteiger charge is 2.09. The Kier molecular flexibility index (Phi) is 4.04. The van der Waals surface area contributed by atoms with E-state index in [9.17, 15) is 0 Å². The summed E-state index contributed by atoms with van der Waals surface area (Å²) in [6.07, 6.45) is 1.50. The van der Waals surface area contributed by atoms with Gasteiger partial charge >= 0.3 is 0 Å². The molecule has 18 heavy (non-hydrogen) atoms. The Labute approximate surface area is 118 Å². The van der Waals surface area contributed by atoms with Crippen molar-refractivity contribution in [1.82, 2.24) is 9.97 Å². The third-order valence-electron chi connectivity index (χ3n) is 2.28. The van der Waals surface area contributed by atoms with Gasteiger partial charge in [0.25, 0.3) is 0 Å². The van der Waals surface area contributed by atoms with Crippen molar-refractivity contribution in [2.75, 3.05) is 12.4 Å². The van der Waals surface area contributed by atoms with Gasteiger partial charge in [0.1, 0.15) is 10.8 Å². The van der Waals surface area contributed by atoms with Gasteiger partial charge in [-0.05, 0) is 30.7 Å². The zero-order chi connectivity index (χ0) is 13.1. The second-order valence-electron chi connectivity index (χ2n) is 3.61. The smallest absolute Gasteiger partial charge is 0.243 e. The van der Waals surface area contributed by atoms with Crippen molar-refractivity contribution in [1.29, 1.82) is 0 Å².